The molecule has 8 nitrogen and oxygen atoms in total. The molecule has 0 bridgehead atoms. The van der Waals surface area contributed by atoms with E-state index < -0.39 is 17.3 Å². The molecule has 3 rings (SSSR count). The van der Waals surface area contributed by atoms with Gasteiger partial charge in [0.15, 0.2) is 11.5 Å². The molecular formula is C30H31N3O5. The fourth-order valence-corrected chi connectivity index (χ4v) is 3.08. The van der Waals surface area contributed by atoms with Crippen LogP contribution in [0.2, 0.25) is 0 Å². The number of rotatable bonds is 9. The van der Waals surface area contributed by atoms with Crippen molar-refractivity contribution in [2.75, 3.05) is 11.9 Å². The molecule has 2 N–H and O–H groups in total. The van der Waals surface area contributed by atoms with Gasteiger partial charge in [0.2, 0.25) is 5.91 Å². The first kappa shape index (κ1) is 27.9. The normalized spacial score (nSPS) is 11.4. The van der Waals surface area contributed by atoms with E-state index >= 15 is 0 Å². The molecule has 196 valence electrons. The summed E-state index contributed by atoms with van der Waals surface area (Å²) in [7, 11) is 0. The fourth-order valence-electron chi connectivity index (χ4n) is 3.08. The number of carbonyl (C=O) groups is 3. The lowest BCUT2D eigenvalue weighted by Crippen LogP contribution is -2.27. The highest BCUT2D eigenvalue weighted by Gasteiger charge is 2.21. The summed E-state index contributed by atoms with van der Waals surface area (Å²) < 4.78 is 11.1. The van der Waals surface area contributed by atoms with Crippen molar-refractivity contribution in [3.05, 3.63) is 95.6 Å². The van der Waals surface area contributed by atoms with Crippen LogP contribution in [0.3, 0.4) is 0 Å². The molecule has 0 aliphatic carbocycles. The molecule has 0 radical (unpaired) electrons. The van der Waals surface area contributed by atoms with Crippen LogP contribution in [0.5, 0.6) is 11.5 Å². The molecule has 0 aliphatic rings. The van der Waals surface area contributed by atoms with Crippen molar-refractivity contribution in [3.63, 3.8) is 0 Å². The standard InChI is InChI=1S/C30H31N3O5/c1-5-37-26-19-22(11-17-25(26)38-27(34)18-12-21-9-7-6-8-10-21)20-31-33-28(35)23-13-15-24(16-14-23)32-29(36)30(2,3)4/h6-20H,5H2,1-4H3,(H,32,36)(H,33,35). The van der Waals surface area contributed by atoms with Gasteiger partial charge in [0.05, 0.1) is 12.8 Å². The first-order valence-corrected chi connectivity index (χ1v) is 12.1. The Hall–Kier alpha value is -4.72. The van der Waals surface area contributed by atoms with Gasteiger partial charge in [-0.15, -0.1) is 0 Å². The third kappa shape index (κ3) is 8.44. The quantitative estimate of drug-likeness (QED) is 0.130. The van der Waals surface area contributed by atoms with Gasteiger partial charge in [0, 0.05) is 22.7 Å². The summed E-state index contributed by atoms with van der Waals surface area (Å²) in [6.07, 6.45) is 4.47. The lowest BCUT2D eigenvalue weighted by molar-refractivity contribution is -0.129. The number of esters is 1. The third-order valence-corrected chi connectivity index (χ3v) is 5.16. The summed E-state index contributed by atoms with van der Waals surface area (Å²) in [5.74, 6) is -0.412. The van der Waals surface area contributed by atoms with Crippen molar-refractivity contribution >= 4 is 35.8 Å². The van der Waals surface area contributed by atoms with E-state index in [4.69, 9.17) is 9.47 Å². The Morgan fingerprint density at radius 3 is 2.26 bits per heavy atom. The number of nitrogens with one attached hydrogen (secondary N) is 2. The maximum atomic E-state index is 12.4. The van der Waals surface area contributed by atoms with Gasteiger partial charge in [-0.3, -0.25) is 9.59 Å². The maximum Gasteiger partial charge on any atom is 0.336 e. The summed E-state index contributed by atoms with van der Waals surface area (Å²) in [5, 5.41) is 6.82. The summed E-state index contributed by atoms with van der Waals surface area (Å²) in [4.78, 5) is 36.8. The van der Waals surface area contributed by atoms with Gasteiger partial charge in [-0.1, -0.05) is 51.1 Å². The number of ether oxygens (including phenoxy) is 2. The highest BCUT2D eigenvalue weighted by molar-refractivity contribution is 5.97. The molecule has 0 aliphatic heterocycles. The third-order valence-electron chi connectivity index (χ3n) is 5.16. The molecule has 3 aromatic carbocycles. The Morgan fingerprint density at radius 2 is 1.61 bits per heavy atom. The number of nitrogens with zero attached hydrogens (tertiary/aromatic N) is 1. The lowest BCUT2D eigenvalue weighted by atomic mass is 9.95. The number of anilines is 1. The van der Waals surface area contributed by atoms with Crippen LogP contribution in [0.25, 0.3) is 6.08 Å². The van der Waals surface area contributed by atoms with Crippen molar-refractivity contribution < 1.29 is 23.9 Å². The second kappa shape index (κ2) is 13.0. The summed E-state index contributed by atoms with van der Waals surface area (Å²) in [6, 6.07) is 20.9. The van der Waals surface area contributed by atoms with Crippen LogP contribution >= 0.6 is 0 Å². The summed E-state index contributed by atoms with van der Waals surface area (Å²) >= 11 is 0. The van der Waals surface area contributed by atoms with E-state index in [9.17, 15) is 14.4 Å². The summed E-state index contributed by atoms with van der Waals surface area (Å²) in [5.41, 5.74) is 4.45. The zero-order valence-corrected chi connectivity index (χ0v) is 21.9. The van der Waals surface area contributed by atoms with Gasteiger partial charge in [-0.25, -0.2) is 10.2 Å². The molecule has 3 aromatic rings. The topological polar surface area (TPSA) is 106 Å². The molecule has 0 saturated carbocycles. The van der Waals surface area contributed by atoms with E-state index in [-0.39, 0.29) is 11.7 Å². The molecule has 2 amide bonds. The predicted molar refractivity (Wildman–Crippen MR) is 148 cm³/mol. The number of carbonyl (C=O) groups excluding carboxylic acids is 3. The van der Waals surface area contributed by atoms with Gasteiger partial charge >= 0.3 is 5.97 Å². The number of amides is 2. The van der Waals surface area contributed by atoms with Crippen LogP contribution in [0.1, 0.15) is 49.2 Å². The fraction of sp³-hybridized carbons (Fsp3) is 0.200. The highest BCUT2D eigenvalue weighted by atomic mass is 16.6. The molecule has 8 heteroatoms. The Bertz CT molecular complexity index is 1320. The predicted octanol–water partition coefficient (Wildman–Crippen LogP) is 5.45. The van der Waals surface area contributed by atoms with Crippen molar-refractivity contribution in [2.45, 2.75) is 27.7 Å². The molecule has 0 spiro atoms. The average Bonchev–Trinajstić information content (AvgIpc) is 2.89. The zero-order chi connectivity index (χ0) is 27.5. The van der Waals surface area contributed by atoms with Gasteiger partial charge in [-0.2, -0.15) is 5.10 Å². The second-order valence-electron chi connectivity index (χ2n) is 9.28. The molecule has 0 unspecified atom stereocenters. The van der Waals surface area contributed by atoms with Crippen LogP contribution in [0.15, 0.2) is 84.0 Å². The van der Waals surface area contributed by atoms with Crippen LogP contribution in [0, 0.1) is 5.41 Å². The lowest BCUT2D eigenvalue weighted by Gasteiger charge is -2.17. The van der Waals surface area contributed by atoms with Crippen LogP contribution in [-0.2, 0) is 9.59 Å². The van der Waals surface area contributed by atoms with Crippen LogP contribution in [-0.4, -0.2) is 30.6 Å². The first-order chi connectivity index (χ1) is 18.2. The van der Waals surface area contributed by atoms with Crippen LogP contribution in [0.4, 0.5) is 5.69 Å². The van der Waals surface area contributed by atoms with E-state index in [1.807, 2.05) is 58.0 Å². The number of hydrogen-bond acceptors (Lipinski definition) is 6. The molecule has 0 atom stereocenters. The van der Waals surface area contributed by atoms with E-state index in [2.05, 4.69) is 15.8 Å². The minimum Gasteiger partial charge on any atom is -0.490 e. The van der Waals surface area contributed by atoms with E-state index in [0.29, 0.717) is 29.2 Å². The number of hydrazone groups is 1. The second-order valence-corrected chi connectivity index (χ2v) is 9.28. The Labute approximate surface area is 222 Å². The highest BCUT2D eigenvalue weighted by Crippen LogP contribution is 2.28. The van der Waals surface area contributed by atoms with Gasteiger partial charge in [0.1, 0.15) is 0 Å². The molecule has 0 aromatic heterocycles. The maximum absolute atomic E-state index is 12.4. The van der Waals surface area contributed by atoms with Crippen molar-refractivity contribution in [1.29, 1.82) is 0 Å². The van der Waals surface area contributed by atoms with Crippen LogP contribution < -0.4 is 20.2 Å². The number of hydrogen-bond donors (Lipinski definition) is 2. The monoisotopic (exact) mass is 513 g/mol. The number of benzene rings is 3. The van der Waals surface area contributed by atoms with Crippen molar-refractivity contribution in [1.82, 2.24) is 5.43 Å². The van der Waals surface area contributed by atoms with E-state index in [1.165, 1.54) is 12.3 Å². The van der Waals surface area contributed by atoms with Gasteiger partial charge in [-0.05, 0) is 66.6 Å². The Balaban J connectivity index is 1.60. The largest absolute Gasteiger partial charge is 0.490 e. The average molecular weight is 514 g/mol. The minimum absolute atomic E-state index is 0.116. The molecule has 38 heavy (non-hydrogen) atoms. The molecule has 0 saturated heterocycles. The van der Waals surface area contributed by atoms with Gasteiger partial charge in [0.25, 0.3) is 5.91 Å². The SMILES string of the molecule is CCOc1cc(C=NNC(=O)c2ccc(NC(=O)C(C)(C)C)cc2)ccc1OC(=O)C=Cc1ccccc1. The summed E-state index contributed by atoms with van der Waals surface area (Å²) in [6.45, 7) is 7.66. The van der Waals surface area contributed by atoms with E-state index in [1.54, 1.807) is 48.5 Å². The van der Waals surface area contributed by atoms with Gasteiger partial charge < -0.3 is 14.8 Å². The minimum atomic E-state index is -0.535. The van der Waals surface area contributed by atoms with Crippen molar-refractivity contribution in [2.24, 2.45) is 10.5 Å². The van der Waals surface area contributed by atoms with Crippen molar-refractivity contribution in [3.8, 4) is 11.5 Å². The Morgan fingerprint density at radius 1 is 0.895 bits per heavy atom. The molecule has 0 fully saturated rings. The first-order valence-electron chi connectivity index (χ1n) is 12.1. The Kier molecular flexibility index (Phi) is 9.54. The zero-order valence-electron chi connectivity index (χ0n) is 21.9. The smallest absolute Gasteiger partial charge is 0.336 e. The molecular weight excluding hydrogens is 482 g/mol. The van der Waals surface area contributed by atoms with E-state index in [0.717, 1.165) is 5.56 Å². The molecule has 0 heterocycles.